The van der Waals surface area contributed by atoms with Gasteiger partial charge in [-0.05, 0) is 43.9 Å². The third-order valence-electron chi connectivity index (χ3n) is 3.84. The summed E-state index contributed by atoms with van der Waals surface area (Å²) in [6.45, 7) is 2.48. The molecule has 5 heteroatoms. The number of hydrogen-bond donors (Lipinski definition) is 1. The van der Waals surface area contributed by atoms with Gasteiger partial charge in [0, 0.05) is 30.7 Å². The molecule has 0 spiro atoms. The fourth-order valence-corrected chi connectivity index (χ4v) is 4.15. The average molecular weight is 284 g/mol. The van der Waals surface area contributed by atoms with Crippen LogP contribution >= 0.6 is 0 Å². The fourth-order valence-electron chi connectivity index (χ4n) is 2.83. The van der Waals surface area contributed by atoms with Gasteiger partial charge in [-0.25, -0.2) is 8.42 Å². The molecule has 1 unspecified atom stereocenters. The number of sulfone groups is 1. The Bertz CT molecular complexity index is 520. The Morgan fingerprint density at radius 3 is 2.84 bits per heavy atom. The Morgan fingerprint density at radius 2 is 2.16 bits per heavy atom. The predicted molar refractivity (Wildman–Crippen MR) is 78.1 cm³/mol. The molecule has 0 aromatic carbocycles. The normalized spacial score (nSPS) is 19.4. The Balaban J connectivity index is 2.05. The number of fused-ring (bicyclic) bond motifs is 1. The molecule has 1 atom stereocenters. The number of rotatable bonds is 6. The SMILES string of the molecule is CCCS(=O)(=O)CCn1cc2c(c1)C(NC)CCC2. The van der Waals surface area contributed by atoms with E-state index in [4.69, 9.17) is 0 Å². The molecule has 19 heavy (non-hydrogen) atoms. The minimum Gasteiger partial charge on any atom is -0.353 e. The molecular weight excluding hydrogens is 260 g/mol. The molecule has 0 amide bonds. The number of aryl methyl sites for hydroxylation is 2. The maximum Gasteiger partial charge on any atom is 0.152 e. The first-order valence-electron chi connectivity index (χ1n) is 7.12. The van der Waals surface area contributed by atoms with Gasteiger partial charge in [0.15, 0.2) is 9.84 Å². The van der Waals surface area contributed by atoms with E-state index in [2.05, 4.69) is 17.7 Å². The maximum atomic E-state index is 11.7. The molecule has 0 fully saturated rings. The molecule has 2 rings (SSSR count). The highest BCUT2D eigenvalue weighted by molar-refractivity contribution is 7.91. The van der Waals surface area contributed by atoms with Crippen LogP contribution in [-0.4, -0.2) is 31.5 Å². The molecule has 0 radical (unpaired) electrons. The minimum atomic E-state index is -2.89. The molecule has 0 bridgehead atoms. The molecule has 108 valence electrons. The highest BCUT2D eigenvalue weighted by Crippen LogP contribution is 2.30. The second-order valence-electron chi connectivity index (χ2n) is 5.36. The van der Waals surface area contributed by atoms with Crippen LogP contribution in [0.4, 0.5) is 0 Å². The molecule has 0 aliphatic heterocycles. The first kappa shape index (κ1) is 14.6. The summed E-state index contributed by atoms with van der Waals surface area (Å²) in [5.41, 5.74) is 2.72. The van der Waals surface area contributed by atoms with E-state index in [0.29, 0.717) is 24.8 Å². The van der Waals surface area contributed by atoms with E-state index >= 15 is 0 Å². The molecule has 1 aromatic rings. The largest absolute Gasteiger partial charge is 0.353 e. The van der Waals surface area contributed by atoms with E-state index in [1.54, 1.807) is 0 Å². The number of nitrogens with one attached hydrogen (secondary N) is 1. The summed E-state index contributed by atoms with van der Waals surface area (Å²) in [5.74, 6) is 0.547. The van der Waals surface area contributed by atoms with Gasteiger partial charge in [0.1, 0.15) is 0 Å². The lowest BCUT2D eigenvalue weighted by Crippen LogP contribution is -2.20. The second kappa shape index (κ2) is 6.09. The van der Waals surface area contributed by atoms with Crippen molar-refractivity contribution < 1.29 is 8.42 Å². The predicted octanol–water partition coefficient (Wildman–Crippen LogP) is 1.91. The van der Waals surface area contributed by atoms with Crippen LogP contribution in [0.25, 0.3) is 0 Å². The molecule has 0 saturated heterocycles. The molecule has 4 nitrogen and oxygen atoms in total. The fraction of sp³-hybridized carbons (Fsp3) is 0.714. The summed E-state index contributed by atoms with van der Waals surface area (Å²) >= 11 is 0. The number of hydrogen-bond acceptors (Lipinski definition) is 3. The van der Waals surface area contributed by atoms with Gasteiger partial charge in [0.25, 0.3) is 0 Å². The summed E-state index contributed by atoms with van der Waals surface area (Å²) in [6.07, 6.45) is 8.43. The molecular formula is C14H24N2O2S. The molecule has 1 heterocycles. The summed E-state index contributed by atoms with van der Waals surface area (Å²) in [5, 5.41) is 3.33. The molecule has 1 aliphatic rings. The molecule has 1 N–H and O–H groups in total. The van der Waals surface area contributed by atoms with E-state index in [0.717, 1.165) is 6.42 Å². The van der Waals surface area contributed by atoms with Crippen LogP contribution in [0.15, 0.2) is 12.4 Å². The van der Waals surface area contributed by atoms with Crippen molar-refractivity contribution in [1.82, 2.24) is 9.88 Å². The lowest BCUT2D eigenvalue weighted by atomic mass is 9.91. The zero-order valence-corrected chi connectivity index (χ0v) is 12.7. The highest BCUT2D eigenvalue weighted by Gasteiger charge is 2.20. The lowest BCUT2D eigenvalue weighted by Gasteiger charge is -2.21. The van der Waals surface area contributed by atoms with E-state index in [1.165, 1.54) is 24.0 Å². The average Bonchev–Trinajstić information content (AvgIpc) is 2.79. The third kappa shape index (κ3) is 3.60. The zero-order valence-electron chi connectivity index (χ0n) is 11.9. The number of aromatic nitrogens is 1. The van der Waals surface area contributed by atoms with Gasteiger partial charge in [-0.3, -0.25) is 0 Å². The van der Waals surface area contributed by atoms with Gasteiger partial charge in [0.05, 0.1) is 5.75 Å². The summed E-state index contributed by atoms with van der Waals surface area (Å²) < 4.78 is 25.5. The third-order valence-corrected chi connectivity index (χ3v) is 5.67. The van der Waals surface area contributed by atoms with Crippen LogP contribution in [0.1, 0.15) is 43.4 Å². The van der Waals surface area contributed by atoms with Gasteiger partial charge < -0.3 is 9.88 Å². The summed E-state index contributed by atoms with van der Waals surface area (Å²) in [6, 6.07) is 0.428. The topological polar surface area (TPSA) is 51.1 Å². The Kier molecular flexibility index (Phi) is 4.68. The lowest BCUT2D eigenvalue weighted by molar-refractivity contribution is 0.498. The van der Waals surface area contributed by atoms with Crippen molar-refractivity contribution in [2.75, 3.05) is 18.6 Å². The highest BCUT2D eigenvalue weighted by atomic mass is 32.2. The Hall–Kier alpha value is -0.810. The monoisotopic (exact) mass is 284 g/mol. The second-order valence-corrected chi connectivity index (χ2v) is 7.67. The number of nitrogens with zero attached hydrogens (tertiary/aromatic N) is 1. The first-order chi connectivity index (χ1) is 9.05. The molecule has 0 saturated carbocycles. The van der Waals surface area contributed by atoms with Crippen molar-refractivity contribution in [1.29, 1.82) is 0 Å². The smallest absolute Gasteiger partial charge is 0.152 e. The van der Waals surface area contributed by atoms with Crippen molar-refractivity contribution in [2.24, 2.45) is 0 Å². The van der Waals surface area contributed by atoms with Crippen LogP contribution in [0.2, 0.25) is 0 Å². The minimum absolute atomic E-state index is 0.249. The first-order valence-corrected chi connectivity index (χ1v) is 8.94. The van der Waals surface area contributed by atoms with Crippen LogP contribution in [0, 0.1) is 0 Å². The Labute approximate surface area is 116 Å². The Morgan fingerprint density at radius 1 is 1.37 bits per heavy atom. The van der Waals surface area contributed by atoms with Crippen LogP contribution < -0.4 is 5.32 Å². The van der Waals surface area contributed by atoms with Gasteiger partial charge in [-0.2, -0.15) is 0 Å². The van der Waals surface area contributed by atoms with E-state index in [1.807, 2.05) is 18.5 Å². The van der Waals surface area contributed by atoms with Crippen molar-refractivity contribution in [3.63, 3.8) is 0 Å². The van der Waals surface area contributed by atoms with E-state index in [-0.39, 0.29) is 5.75 Å². The van der Waals surface area contributed by atoms with Crippen molar-refractivity contribution in [3.05, 3.63) is 23.5 Å². The summed E-state index contributed by atoms with van der Waals surface area (Å²) in [7, 11) is -0.898. The molecule has 1 aromatic heterocycles. The molecule has 1 aliphatic carbocycles. The zero-order chi connectivity index (χ0) is 13.9. The standard InChI is InChI=1S/C14H24N2O2S/c1-3-8-19(17,18)9-7-16-10-12-5-4-6-14(15-2)13(12)11-16/h10-11,14-15H,3-9H2,1-2H3. The summed E-state index contributed by atoms with van der Waals surface area (Å²) in [4.78, 5) is 0. The van der Waals surface area contributed by atoms with E-state index in [9.17, 15) is 8.42 Å². The quantitative estimate of drug-likeness (QED) is 0.868. The van der Waals surface area contributed by atoms with Gasteiger partial charge in [0.2, 0.25) is 0 Å². The van der Waals surface area contributed by atoms with E-state index < -0.39 is 9.84 Å². The maximum absolute atomic E-state index is 11.7. The van der Waals surface area contributed by atoms with Crippen molar-refractivity contribution in [2.45, 2.75) is 45.2 Å². The van der Waals surface area contributed by atoms with Gasteiger partial charge >= 0.3 is 0 Å². The van der Waals surface area contributed by atoms with Crippen molar-refractivity contribution in [3.8, 4) is 0 Å². The van der Waals surface area contributed by atoms with Crippen molar-refractivity contribution >= 4 is 9.84 Å². The van der Waals surface area contributed by atoms with Crippen LogP contribution in [-0.2, 0) is 22.8 Å². The van der Waals surface area contributed by atoms with Gasteiger partial charge in [-0.15, -0.1) is 0 Å². The van der Waals surface area contributed by atoms with Gasteiger partial charge in [-0.1, -0.05) is 6.92 Å². The van der Waals surface area contributed by atoms with Crippen LogP contribution in [0.3, 0.4) is 0 Å². The van der Waals surface area contributed by atoms with Crippen LogP contribution in [0.5, 0.6) is 0 Å².